The van der Waals surface area contributed by atoms with Gasteiger partial charge in [0.25, 0.3) is 0 Å². The van der Waals surface area contributed by atoms with Crippen molar-refractivity contribution in [2.45, 2.75) is 32.7 Å². The molecule has 1 unspecified atom stereocenters. The molecule has 1 rings (SSSR count). The van der Waals surface area contributed by atoms with Gasteiger partial charge in [0.2, 0.25) is 0 Å². The first kappa shape index (κ1) is 13.5. The van der Waals surface area contributed by atoms with Gasteiger partial charge in [-0.3, -0.25) is 0 Å². The van der Waals surface area contributed by atoms with E-state index in [1.807, 2.05) is 18.2 Å². The Kier molecular flexibility index (Phi) is 4.53. The highest BCUT2D eigenvalue weighted by Gasteiger charge is 2.23. The van der Waals surface area contributed by atoms with Gasteiger partial charge < -0.3 is 11.1 Å². The average molecular weight is 231 g/mol. The lowest BCUT2D eigenvalue weighted by molar-refractivity contribution is 0.407. The quantitative estimate of drug-likeness (QED) is 0.819. The Morgan fingerprint density at radius 2 is 2.18 bits per heavy atom. The Balaban J connectivity index is 2.83. The number of nitrogens with two attached hydrogens (primary N) is 1. The number of nitriles is 1. The van der Waals surface area contributed by atoms with Crippen LogP contribution in [0.2, 0.25) is 0 Å². The van der Waals surface area contributed by atoms with Gasteiger partial charge in [-0.1, -0.05) is 19.9 Å². The Bertz CT molecular complexity index is 406. The van der Waals surface area contributed by atoms with Crippen LogP contribution in [0.25, 0.3) is 0 Å². The summed E-state index contributed by atoms with van der Waals surface area (Å²) in [5, 5.41) is 12.3. The van der Waals surface area contributed by atoms with E-state index in [4.69, 9.17) is 11.0 Å². The molecular weight excluding hydrogens is 210 g/mol. The first-order valence-corrected chi connectivity index (χ1v) is 5.97. The van der Waals surface area contributed by atoms with Gasteiger partial charge in [0.1, 0.15) is 0 Å². The van der Waals surface area contributed by atoms with Gasteiger partial charge in [-0.2, -0.15) is 5.26 Å². The van der Waals surface area contributed by atoms with E-state index < -0.39 is 0 Å². The van der Waals surface area contributed by atoms with E-state index in [1.54, 1.807) is 6.07 Å². The molecule has 0 bridgehead atoms. The van der Waals surface area contributed by atoms with Gasteiger partial charge in [-0.05, 0) is 37.5 Å². The van der Waals surface area contributed by atoms with Crippen LogP contribution in [0.15, 0.2) is 24.3 Å². The Labute approximate surface area is 104 Å². The fraction of sp³-hybridized carbons (Fsp3) is 0.500. The van der Waals surface area contributed by atoms with Gasteiger partial charge in [0.05, 0.1) is 11.6 Å². The summed E-state index contributed by atoms with van der Waals surface area (Å²) in [4.78, 5) is 0. The number of rotatable bonds is 5. The molecule has 0 saturated heterocycles. The van der Waals surface area contributed by atoms with Crippen LogP contribution in [0.4, 0.5) is 5.69 Å². The average Bonchev–Trinajstić information content (AvgIpc) is 2.28. The van der Waals surface area contributed by atoms with Crippen molar-refractivity contribution in [1.29, 1.82) is 5.26 Å². The predicted molar refractivity (Wildman–Crippen MR) is 71.7 cm³/mol. The second-order valence-electron chi connectivity index (χ2n) is 5.18. The number of hydrogen-bond donors (Lipinski definition) is 2. The van der Waals surface area contributed by atoms with Gasteiger partial charge in [-0.25, -0.2) is 0 Å². The van der Waals surface area contributed by atoms with Crippen molar-refractivity contribution in [2.75, 3.05) is 11.9 Å². The lowest BCUT2D eigenvalue weighted by atomic mass is 9.90. The van der Waals surface area contributed by atoms with Crippen molar-refractivity contribution in [3.63, 3.8) is 0 Å². The van der Waals surface area contributed by atoms with Crippen molar-refractivity contribution in [3.05, 3.63) is 29.8 Å². The molecular formula is C14H21N3. The van der Waals surface area contributed by atoms with E-state index in [1.165, 1.54) is 0 Å². The predicted octanol–water partition coefficient (Wildman–Crippen LogP) is 2.73. The third-order valence-electron chi connectivity index (χ3n) is 2.75. The van der Waals surface area contributed by atoms with Crippen molar-refractivity contribution in [1.82, 2.24) is 0 Å². The van der Waals surface area contributed by atoms with Crippen LogP contribution in [0.3, 0.4) is 0 Å². The molecule has 0 aliphatic heterocycles. The number of benzene rings is 1. The second kappa shape index (κ2) is 5.70. The minimum Gasteiger partial charge on any atom is -0.379 e. The topological polar surface area (TPSA) is 61.8 Å². The molecule has 0 aliphatic carbocycles. The smallest absolute Gasteiger partial charge is 0.0992 e. The molecule has 0 radical (unpaired) electrons. The van der Waals surface area contributed by atoms with E-state index in [0.29, 0.717) is 18.0 Å². The fourth-order valence-electron chi connectivity index (χ4n) is 2.10. The highest BCUT2D eigenvalue weighted by molar-refractivity contribution is 5.50. The third kappa shape index (κ3) is 4.08. The van der Waals surface area contributed by atoms with E-state index in [0.717, 1.165) is 12.1 Å². The number of nitrogens with zero attached hydrogens (tertiary/aromatic N) is 1. The normalized spacial score (nSPS) is 14.1. The van der Waals surface area contributed by atoms with Crippen molar-refractivity contribution in [2.24, 2.45) is 11.7 Å². The first-order chi connectivity index (χ1) is 7.99. The SMILES string of the molecule is CC(C)CC(C)(CN)Nc1cccc(C#N)c1. The second-order valence-corrected chi connectivity index (χ2v) is 5.18. The monoisotopic (exact) mass is 231 g/mol. The Hall–Kier alpha value is -1.53. The van der Waals surface area contributed by atoms with E-state index in [2.05, 4.69) is 32.2 Å². The number of hydrogen-bond acceptors (Lipinski definition) is 3. The first-order valence-electron chi connectivity index (χ1n) is 5.97. The molecule has 0 heterocycles. The van der Waals surface area contributed by atoms with Crippen LogP contribution in [0.5, 0.6) is 0 Å². The summed E-state index contributed by atoms with van der Waals surface area (Å²) in [5.74, 6) is 0.579. The lowest BCUT2D eigenvalue weighted by Gasteiger charge is -2.32. The van der Waals surface area contributed by atoms with Crippen molar-refractivity contribution < 1.29 is 0 Å². The van der Waals surface area contributed by atoms with Crippen molar-refractivity contribution in [3.8, 4) is 6.07 Å². The summed E-state index contributed by atoms with van der Waals surface area (Å²) in [6.45, 7) is 7.05. The van der Waals surface area contributed by atoms with E-state index in [9.17, 15) is 0 Å². The fourth-order valence-corrected chi connectivity index (χ4v) is 2.10. The molecule has 0 aliphatic rings. The van der Waals surface area contributed by atoms with Gasteiger partial charge in [0, 0.05) is 17.8 Å². The third-order valence-corrected chi connectivity index (χ3v) is 2.75. The molecule has 1 aromatic carbocycles. The zero-order valence-electron chi connectivity index (χ0n) is 10.8. The van der Waals surface area contributed by atoms with E-state index in [-0.39, 0.29) is 5.54 Å². The van der Waals surface area contributed by atoms with Crippen LogP contribution < -0.4 is 11.1 Å². The molecule has 3 N–H and O–H groups in total. The number of anilines is 1. The summed E-state index contributed by atoms with van der Waals surface area (Å²) in [6, 6.07) is 9.64. The molecule has 0 spiro atoms. The maximum Gasteiger partial charge on any atom is 0.0992 e. The largest absolute Gasteiger partial charge is 0.379 e. The number of nitrogens with one attached hydrogen (secondary N) is 1. The maximum atomic E-state index is 8.86. The maximum absolute atomic E-state index is 8.86. The van der Waals surface area contributed by atoms with Crippen LogP contribution in [-0.4, -0.2) is 12.1 Å². The minimum absolute atomic E-state index is 0.123. The molecule has 3 heteroatoms. The highest BCUT2D eigenvalue weighted by Crippen LogP contribution is 2.22. The molecule has 1 atom stereocenters. The summed E-state index contributed by atoms with van der Waals surface area (Å²) >= 11 is 0. The van der Waals surface area contributed by atoms with Crippen LogP contribution in [-0.2, 0) is 0 Å². The molecule has 1 aromatic rings. The molecule has 92 valence electrons. The minimum atomic E-state index is -0.123. The van der Waals surface area contributed by atoms with E-state index >= 15 is 0 Å². The molecule has 17 heavy (non-hydrogen) atoms. The molecule has 0 aromatic heterocycles. The highest BCUT2D eigenvalue weighted by atomic mass is 15.0. The Morgan fingerprint density at radius 3 is 2.71 bits per heavy atom. The molecule has 0 saturated carbocycles. The van der Waals surface area contributed by atoms with Crippen LogP contribution in [0.1, 0.15) is 32.8 Å². The summed E-state index contributed by atoms with van der Waals surface area (Å²) in [7, 11) is 0. The molecule has 0 fully saturated rings. The summed E-state index contributed by atoms with van der Waals surface area (Å²) in [6.07, 6.45) is 1.00. The van der Waals surface area contributed by atoms with Crippen LogP contribution in [0, 0.1) is 17.2 Å². The zero-order valence-corrected chi connectivity index (χ0v) is 10.8. The summed E-state index contributed by atoms with van der Waals surface area (Å²) in [5.41, 5.74) is 7.35. The summed E-state index contributed by atoms with van der Waals surface area (Å²) < 4.78 is 0. The Morgan fingerprint density at radius 1 is 1.47 bits per heavy atom. The lowest BCUT2D eigenvalue weighted by Crippen LogP contribution is -2.43. The van der Waals surface area contributed by atoms with Gasteiger partial charge in [0.15, 0.2) is 0 Å². The molecule has 0 amide bonds. The zero-order chi connectivity index (χ0) is 12.9. The van der Waals surface area contributed by atoms with Gasteiger partial charge >= 0.3 is 0 Å². The molecule has 3 nitrogen and oxygen atoms in total. The van der Waals surface area contributed by atoms with Crippen molar-refractivity contribution >= 4 is 5.69 Å². The standard InChI is InChI=1S/C14H21N3/c1-11(2)8-14(3,10-16)17-13-6-4-5-12(7-13)9-15/h4-7,11,17H,8,10,16H2,1-3H3. The van der Waals surface area contributed by atoms with Gasteiger partial charge in [-0.15, -0.1) is 0 Å². The van der Waals surface area contributed by atoms with Crippen LogP contribution >= 0.6 is 0 Å².